The summed E-state index contributed by atoms with van der Waals surface area (Å²) in [5, 5.41) is 0. The standard InChI is InChI=1S/C15H14F2IN/c16-12-4-3-11(15(17)9-12)8-14(19)7-10-1-5-13(18)6-2-10/h1-6,9,14H,7-8,19H2. The first-order valence-electron chi connectivity index (χ1n) is 5.98. The van der Waals surface area contributed by atoms with E-state index in [0.717, 1.165) is 11.6 Å². The van der Waals surface area contributed by atoms with E-state index in [1.807, 2.05) is 24.3 Å². The molecule has 0 aromatic heterocycles. The molecule has 0 heterocycles. The molecule has 0 aliphatic rings. The first kappa shape index (κ1) is 14.4. The first-order chi connectivity index (χ1) is 9.04. The smallest absolute Gasteiger partial charge is 0.129 e. The summed E-state index contributed by atoms with van der Waals surface area (Å²) in [6, 6.07) is 11.5. The van der Waals surface area contributed by atoms with E-state index >= 15 is 0 Å². The molecule has 0 aliphatic heterocycles. The molecule has 0 bridgehead atoms. The van der Waals surface area contributed by atoms with Crippen LogP contribution in [0.1, 0.15) is 11.1 Å². The van der Waals surface area contributed by atoms with Crippen molar-refractivity contribution in [1.29, 1.82) is 0 Å². The second-order valence-corrected chi connectivity index (χ2v) is 5.78. The molecule has 0 radical (unpaired) electrons. The summed E-state index contributed by atoms with van der Waals surface area (Å²) < 4.78 is 27.5. The molecule has 1 atom stereocenters. The number of halogens is 3. The van der Waals surface area contributed by atoms with Crippen molar-refractivity contribution < 1.29 is 8.78 Å². The Labute approximate surface area is 125 Å². The molecule has 100 valence electrons. The van der Waals surface area contributed by atoms with Crippen LogP contribution < -0.4 is 5.73 Å². The van der Waals surface area contributed by atoms with Crippen molar-refractivity contribution in [1.82, 2.24) is 0 Å². The molecule has 2 aromatic rings. The molecule has 2 aromatic carbocycles. The predicted molar refractivity (Wildman–Crippen MR) is 80.9 cm³/mol. The zero-order valence-corrected chi connectivity index (χ0v) is 12.4. The largest absolute Gasteiger partial charge is 0.327 e. The molecule has 1 unspecified atom stereocenters. The third-order valence-electron chi connectivity index (χ3n) is 2.91. The normalized spacial score (nSPS) is 12.4. The van der Waals surface area contributed by atoms with Gasteiger partial charge in [-0.3, -0.25) is 0 Å². The molecular formula is C15H14F2IN. The van der Waals surface area contributed by atoms with Gasteiger partial charge in [-0.05, 0) is 64.8 Å². The van der Waals surface area contributed by atoms with Crippen LogP contribution in [0.5, 0.6) is 0 Å². The van der Waals surface area contributed by atoms with Crippen LogP contribution in [0.4, 0.5) is 8.78 Å². The summed E-state index contributed by atoms with van der Waals surface area (Å²) in [7, 11) is 0. The highest BCUT2D eigenvalue weighted by Crippen LogP contribution is 2.14. The Bertz CT molecular complexity index is 555. The Morgan fingerprint density at radius 2 is 1.68 bits per heavy atom. The van der Waals surface area contributed by atoms with E-state index in [1.165, 1.54) is 15.7 Å². The zero-order chi connectivity index (χ0) is 13.8. The summed E-state index contributed by atoms with van der Waals surface area (Å²) in [6.07, 6.45) is 1.08. The van der Waals surface area contributed by atoms with Crippen molar-refractivity contribution in [2.45, 2.75) is 18.9 Å². The number of hydrogen-bond donors (Lipinski definition) is 1. The van der Waals surface area contributed by atoms with Crippen molar-refractivity contribution >= 4 is 22.6 Å². The third-order valence-corrected chi connectivity index (χ3v) is 3.63. The molecule has 2 N–H and O–H groups in total. The van der Waals surface area contributed by atoms with Crippen LogP contribution in [-0.2, 0) is 12.8 Å². The number of rotatable bonds is 4. The highest BCUT2D eigenvalue weighted by atomic mass is 127. The van der Waals surface area contributed by atoms with Crippen LogP contribution in [0, 0.1) is 15.2 Å². The summed E-state index contributed by atoms with van der Waals surface area (Å²) in [4.78, 5) is 0. The van der Waals surface area contributed by atoms with Gasteiger partial charge in [-0.1, -0.05) is 18.2 Å². The molecule has 0 saturated carbocycles. The molecular weight excluding hydrogens is 359 g/mol. The Morgan fingerprint density at radius 1 is 1.00 bits per heavy atom. The van der Waals surface area contributed by atoms with Crippen LogP contribution in [-0.4, -0.2) is 6.04 Å². The van der Waals surface area contributed by atoms with E-state index in [1.54, 1.807) is 0 Å². The zero-order valence-electron chi connectivity index (χ0n) is 10.2. The second-order valence-electron chi connectivity index (χ2n) is 4.53. The van der Waals surface area contributed by atoms with E-state index < -0.39 is 11.6 Å². The molecule has 0 saturated heterocycles. The van der Waals surface area contributed by atoms with E-state index in [2.05, 4.69) is 22.6 Å². The average Bonchev–Trinajstić information content (AvgIpc) is 2.36. The maximum atomic E-state index is 13.5. The Hall–Kier alpha value is -1.01. The van der Waals surface area contributed by atoms with Gasteiger partial charge in [-0.2, -0.15) is 0 Å². The molecule has 0 spiro atoms. The van der Waals surface area contributed by atoms with Gasteiger partial charge >= 0.3 is 0 Å². The van der Waals surface area contributed by atoms with E-state index in [-0.39, 0.29) is 6.04 Å². The number of nitrogens with two attached hydrogens (primary N) is 1. The van der Waals surface area contributed by atoms with Gasteiger partial charge in [0.15, 0.2) is 0 Å². The van der Waals surface area contributed by atoms with Crippen LogP contribution in [0.2, 0.25) is 0 Å². The summed E-state index contributed by atoms with van der Waals surface area (Å²) >= 11 is 2.24. The molecule has 0 fully saturated rings. The van der Waals surface area contributed by atoms with Gasteiger partial charge in [-0.25, -0.2) is 8.78 Å². The minimum atomic E-state index is -0.563. The lowest BCUT2D eigenvalue weighted by molar-refractivity contribution is 0.558. The monoisotopic (exact) mass is 373 g/mol. The number of benzene rings is 2. The minimum Gasteiger partial charge on any atom is -0.327 e. The molecule has 2 rings (SSSR count). The lowest BCUT2D eigenvalue weighted by Gasteiger charge is -2.12. The third kappa shape index (κ3) is 4.24. The Morgan fingerprint density at radius 3 is 2.32 bits per heavy atom. The molecule has 1 nitrogen and oxygen atoms in total. The predicted octanol–water partition coefficient (Wildman–Crippen LogP) is 3.68. The molecule has 0 amide bonds. The fraction of sp³-hybridized carbons (Fsp3) is 0.200. The van der Waals surface area contributed by atoms with Gasteiger partial charge in [-0.15, -0.1) is 0 Å². The van der Waals surface area contributed by atoms with Gasteiger partial charge < -0.3 is 5.73 Å². The van der Waals surface area contributed by atoms with Crippen LogP contribution in [0.15, 0.2) is 42.5 Å². The van der Waals surface area contributed by atoms with Gasteiger partial charge in [0.05, 0.1) is 0 Å². The minimum absolute atomic E-state index is 0.181. The van der Waals surface area contributed by atoms with E-state index in [9.17, 15) is 8.78 Å². The Balaban J connectivity index is 2.01. The van der Waals surface area contributed by atoms with Crippen molar-refractivity contribution in [2.24, 2.45) is 5.73 Å². The van der Waals surface area contributed by atoms with Gasteiger partial charge in [0.1, 0.15) is 11.6 Å². The van der Waals surface area contributed by atoms with E-state index in [0.29, 0.717) is 18.4 Å². The maximum absolute atomic E-state index is 13.5. The van der Waals surface area contributed by atoms with Crippen molar-refractivity contribution in [3.8, 4) is 0 Å². The molecule has 19 heavy (non-hydrogen) atoms. The Kier molecular flexibility index (Phi) is 4.87. The quantitative estimate of drug-likeness (QED) is 0.814. The first-order valence-corrected chi connectivity index (χ1v) is 7.06. The van der Waals surface area contributed by atoms with Gasteiger partial charge in [0, 0.05) is 15.7 Å². The fourth-order valence-corrected chi connectivity index (χ4v) is 2.32. The number of hydrogen-bond acceptors (Lipinski definition) is 1. The summed E-state index contributed by atoms with van der Waals surface area (Å²) in [5.41, 5.74) is 7.60. The topological polar surface area (TPSA) is 26.0 Å². The van der Waals surface area contributed by atoms with Crippen molar-refractivity contribution in [3.63, 3.8) is 0 Å². The van der Waals surface area contributed by atoms with Crippen LogP contribution in [0.25, 0.3) is 0 Å². The summed E-state index contributed by atoms with van der Waals surface area (Å²) in [5.74, 6) is -1.09. The molecule has 4 heteroatoms. The summed E-state index contributed by atoms with van der Waals surface area (Å²) in [6.45, 7) is 0. The highest BCUT2D eigenvalue weighted by molar-refractivity contribution is 14.1. The van der Waals surface area contributed by atoms with Crippen LogP contribution in [0.3, 0.4) is 0 Å². The average molecular weight is 373 g/mol. The van der Waals surface area contributed by atoms with Crippen LogP contribution >= 0.6 is 22.6 Å². The van der Waals surface area contributed by atoms with Gasteiger partial charge in [0.2, 0.25) is 0 Å². The van der Waals surface area contributed by atoms with E-state index in [4.69, 9.17) is 5.73 Å². The second kappa shape index (κ2) is 6.43. The lowest BCUT2D eigenvalue weighted by atomic mass is 9.99. The van der Waals surface area contributed by atoms with Crippen molar-refractivity contribution in [2.75, 3.05) is 0 Å². The highest BCUT2D eigenvalue weighted by Gasteiger charge is 2.10. The molecule has 0 aliphatic carbocycles. The SMILES string of the molecule is NC(Cc1ccc(I)cc1)Cc1ccc(F)cc1F. The van der Waals surface area contributed by atoms with Crippen molar-refractivity contribution in [3.05, 3.63) is 68.8 Å². The van der Waals surface area contributed by atoms with Gasteiger partial charge in [0.25, 0.3) is 0 Å². The lowest BCUT2D eigenvalue weighted by Crippen LogP contribution is -2.26. The maximum Gasteiger partial charge on any atom is 0.129 e. The fourth-order valence-electron chi connectivity index (χ4n) is 1.97.